The maximum Gasteiger partial charge on any atom is 0.490 e. The second-order valence-corrected chi connectivity index (χ2v) is 7.20. The van der Waals surface area contributed by atoms with Gasteiger partial charge in [0.2, 0.25) is 0 Å². The van der Waals surface area contributed by atoms with Crippen molar-refractivity contribution in [1.82, 2.24) is 10.2 Å². The van der Waals surface area contributed by atoms with Gasteiger partial charge in [-0.15, -0.1) is 0 Å². The van der Waals surface area contributed by atoms with Crippen LogP contribution < -0.4 is 5.32 Å². The topological polar surface area (TPSA) is 72.8 Å². The van der Waals surface area contributed by atoms with E-state index in [0.717, 1.165) is 6.04 Å². The molecule has 2 aliphatic heterocycles. The normalized spacial score (nSPS) is 27.9. The number of piperidine rings is 1. The zero-order chi connectivity index (χ0) is 17.8. The molecule has 5 nitrogen and oxygen atoms in total. The predicted octanol–water partition coefficient (Wildman–Crippen LogP) is 2.00. The second-order valence-electron chi connectivity index (χ2n) is 7.20. The van der Waals surface area contributed by atoms with Crippen molar-refractivity contribution in [3.05, 3.63) is 0 Å². The fourth-order valence-corrected chi connectivity index (χ4v) is 4.35. The van der Waals surface area contributed by atoms with Crippen molar-refractivity contribution in [2.24, 2.45) is 5.41 Å². The van der Waals surface area contributed by atoms with E-state index in [4.69, 9.17) is 9.90 Å². The zero-order valence-corrected chi connectivity index (χ0v) is 13.8. The van der Waals surface area contributed by atoms with Gasteiger partial charge >= 0.3 is 12.1 Å². The van der Waals surface area contributed by atoms with Gasteiger partial charge in [-0.05, 0) is 50.6 Å². The maximum atomic E-state index is 10.6. The van der Waals surface area contributed by atoms with Gasteiger partial charge in [-0.2, -0.15) is 13.2 Å². The standard InChI is InChI=1S/C14H26N2O.C2HF3O2/c17-10-13-9-14(5-7-15-8-6-14)11-16(13)12-3-1-2-4-12;3-2(4,5)1(6)7/h12-13,15,17H,1-11H2;(H,6,7). The maximum absolute atomic E-state index is 10.6. The number of hydrogen-bond donors (Lipinski definition) is 3. The van der Waals surface area contributed by atoms with Gasteiger partial charge in [0.1, 0.15) is 0 Å². The molecule has 1 unspecified atom stereocenters. The number of aliphatic carboxylic acids is 1. The van der Waals surface area contributed by atoms with Crippen LogP contribution in [0.4, 0.5) is 13.2 Å². The number of aliphatic hydroxyl groups excluding tert-OH is 1. The van der Waals surface area contributed by atoms with Crippen LogP contribution in [0.3, 0.4) is 0 Å². The van der Waals surface area contributed by atoms with Crippen LogP contribution in [0.1, 0.15) is 44.9 Å². The van der Waals surface area contributed by atoms with Crippen molar-refractivity contribution in [2.75, 3.05) is 26.2 Å². The first-order valence-electron chi connectivity index (χ1n) is 8.65. The van der Waals surface area contributed by atoms with Crippen molar-refractivity contribution in [3.63, 3.8) is 0 Å². The lowest BCUT2D eigenvalue weighted by Gasteiger charge is -2.35. The number of carboxylic acids is 1. The number of likely N-dealkylation sites (tertiary alicyclic amines) is 1. The number of aliphatic hydroxyl groups is 1. The molecule has 0 aromatic heterocycles. The van der Waals surface area contributed by atoms with Gasteiger partial charge in [0.25, 0.3) is 0 Å². The smallest absolute Gasteiger partial charge is 0.475 e. The summed E-state index contributed by atoms with van der Waals surface area (Å²) < 4.78 is 31.7. The van der Waals surface area contributed by atoms with E-state index >= 15 is 0 Å². The van der Waals surface area contributed by atoms with Crippen molar-refractivity contribution >= 4 is 5.97 Å². The number of carboxylic acid groups (broad SMARTS) is 1. The van der Waals surface area contributed by atoms with Crippen LogP contribution in [0.2, 0.25) is 0 Å². The number of halogens is 3. The second kappa shape index (κ2) is 8.01. The summed E-state index contributed by atoms with van der Waals surface area (Å²) in [5.41, 5.74) is 0.529. The van der Waals surface area contributed by atoms with Crippen LogP contribution in [0.25, 0.3) is 0 Å². The van der Waals surface area contributed by atoms with Crippen LogP contribution in [0.15, 0.2) is 0 Å². The van der Waals surface area contributed by atoms with Crippen LogP contribution in [0, 0.1) is 5.41 Å². The first-order chi connectivity index (χ1) is 11.3. The summed E-state index contributed by atoms with van der Waals surface area (Å²) in [4.78, 5) is 11.6. The largest absolute Gasteiger partial charge is 0.490 e. The molecule has 3 N–H and O–H groups in total. The summed E-state index contributed by atoms with van der Waals surface area (Å²) in [6, 6.07) is 1.23. The number of carbonyl (C=O) groups is 1. The first-order valence-corrected chi connectivity index (χ1v) is 8.65. The molecule has 1 spiro atoms. The van der Waals surface area contributed by atoms with E-state index in [9.17, 15) is 18.3 Å². The Bertz CT molecular complexity index is 419. The average molecular weight is 352 g/mol. The molecule has 3 aliphatic rings. The van der Waals surface area contributed by atoms with Crippen molar-refractivity contribution in [2.45, 2.75) is 63.2 Å². The lowest BCUT2D eigenvalue weighted by molar-refractivity contribution is -0.192. The molecule has 2 heterocycles. The molecule has 24 heavy (non-hydrogen) atoms. The van der Waals surface area contributed by atoms with Gasteiger partial charge in [0.05, 0.1) is 6.61 Å². The third kappa shape index (κ3) is 4.83. The molecule has 0 amide bonds. The van der Waals surface area contributed by atoms with Crippen molar-refractivity contribution in [1.29, 1.82) is 0 Å². The summed E-state index contributed by atoms with van der Waals surface area (Å²) >= 11 is 0. The van der Waals surface area contributed by atoms with Gasteiger partial charge in [-0.25, -0.2) is 4.79 Å². The van der Waals surface area contributed by atoms with Gasteiger partial charge in [-0.3, -0.25) is 4.90 Å². The van der Waals surface area contributed by atoms with Gasteiger partial charge < -0.3 is 15.5 Å². The molecule has 2 saturated heterocycles. The minimum atomic E-state index is -5.08. The first kappa shape index (κ1) is 19.5. The molecule has 1 saturated carbocycles. The Morgan fingerprint density at radius 3 is 2.21 bits per heavy atom. The third-order valence-electron chi connectivity index (χ3n) is 5.57. The van der Waals surface area contributed by atoms with Crippen LogP contribution >= 0.6 is 0 Å². The van der Waals surface area contributed by atoms with E-state index in [1.54, 1.807) is 0 Å². The predicted molar refractivity (Wildman–Crippen MR) is 82.7 cm³/mol. The van der Waals surface area contributed by atoms with Crippen LogP contribution in [0.5, 0.6) is 0 Å². The molecule has 0 aromatic carbocycles. The molecule has 1 aliphatic carbocycles. The summed E-state index contributed by atoms with van der Waals surface area (Å²) in [5, 5.41) is 20.3. The molecule has 140 valence electrons. The Kier molecular flexibility index (Phi) is 6.50. The fourth-order valence-electron chi connectivity index (χ4n) is 4.35. The average Bonchev–Trinajstić information content (AvgIpc) is 3.15. The highest BCUT2D eigenvalue weighted by molar-refractivity contribution is 5.73. The van der Waals surface area contributed by atoms with Crippen molar-refractivity contribution in [3.8, 4) is 0 Å². The number of rotatable bonds is 2. The summed E-state index contributed by atoms with van der Waals surface area (Å²) in [5.74, 6) is -2.76. The zero-order valence-electron chi connectivity index (χ0n) is 13.8. The molecule has 3 fully saturated rings. The summed E-state index contributed by atoms with van der Waals surface area (Å²) in [6.45, 7) is 3.98. The molecule has 3 rings (SSSR count). The Hall–Kier alpha value is -0.860. The van der Waals surface area contributed by atoms with Crippen LogP contribution in [-0.2, 0) is 4.79 Å². The fraction of sp³-hybridized carbons (Fsp3) is 0.938. The molecule has 1 atom stereocenters. The SMILES string of the molecule is O=C(O)C(F)(F)F.OCC1CC2(CCNCC2)CN1C1CCCC1. The number of alkyl halides is 3. The van der Waals surface area contributed by atoms with E-state index in [2.05, 4.69) is 10.2 Å². The monoisotopic (exact) mass is 352 g/mol. The Labute approximate surface area is 140 Å². The minimum absolute atomic E-state index is 0.367. The summed E-state index contributed by atoms with van der Waals surface area (Å²) in [7, 11) is 0. The highest BCUT2D eigenvalue weighted by atomic mass is 19.4. The molecule has 0 radical (unpaired) electrons. The van der Waals surface area contributed by atoms with E-state index in [-0.39, 0.29) is 0 Å². The summed E-state index contributed by atoms with van der Waals surface area (Å²) in [6.07, 6.45) is 4.30. The number of nitrogens with zero attached hydrogens (tertiary/aromatic N) is 1. The van der Waals surface area contributed by atoms with E-state index < -0.39 is 12.1 Å². The Balaban J connectivity index is 0.000000256. The van der Waals surface area contributed by atoms with E-state index in [0.29, 0.717) is 18.1 Å². The minimum Gasteiger partial charge on any atom is -0.475 e. The molecule has 0 bridgehead atoms. The van der Waals surface area contributed by atoms with E-state index in [1.165, 1.54) is 64.6 Å². The Morgan fingerprint density at radius 2 is 1.75 bits per heavy atom. The quantitative estimate of drug-likeness (QED) is 0.709. The molecule has 0 aromatic rings. The van der Waals surface area contributed by atoms with Gasteiger partial charge in [0, 0.05) is 18.6 Å². The van der Waals surface area contributed by atoms with E-state index in [1.807, 2.05) is 0 Å². The Morgan fingerprint density at radius 1 is 1.21 bits per heavy atom. The van der Waals surface area contributed by atoms with Crippen molar-refractivity contribution < 1.29 is 28.2 Å². The number of nitrogens with one attached hydrogen (secondary N) is 1. The lowest BCUT2D eigenvalue weighted by Crippen LogP contribution is -2.42. The highest BCUT2D eigenvalue weighted by Crippen LogP contribution is 2.44. The van der Waals surface area contributed by atoms with Gasteiger partial charge in [-0.1, -0.05) is 12.8 Å². The van der Waals surface area contributed by atoms with Gasteiger partial charge in [0.15, 0.2) is 0 Å². The lowest BCUT2D eigenvalue weighted by atomic mass is 9.77. The highest BCUT2D eigenvalue weighted by Gasteiger charge is 2.46. The molecule has 8 heteroatoms. The molecular formula is C16H27F3N2O3. The third-order valence-corrected chi connectivity index (χ3v) is 5.57. The molecular weight excluding hydrogens is 325 g/mol. The van der Waals surface area contributed by atoms with Crippen LogP contribution in [-0.4, -0.2) is 65.6 Å². The number of hydrogen-bond acceptors (Lipinski definition) is 4.